The van der Waals surface area contributed by atoms with Crippen molar-refractivity contribution in [3.63, 3.8) is 0 Å². The molecule has 0 spiro atoms. The Hall–Kier alpha value is -2.67. The fourth-order valence-electron chi connectivity index (χ4n) is 2.25. The van der Waals surface area contributed by atoms with Crippen LogP contribution in [0, 0.1) is 10.1 Å². The van der Waals surface area contributed by atoms with Gasteiger partial charge in [0, 0.05) is 42.4 Å². The summed E-state index contributed by atoms with van der Waals surface area (Å²) in [6, 6.07) is 8.48. The van der Waals surface area contributed by atoms with Crippen molar-refractivity contribution in [2.24, 2.45) is 0 Å². The number of hydrogen-bond acceptors (Lipinski definition) is 5. The molecule has 0 aliphatic carbocycles. The first kappa shape index (κ1) is 13.3. The number of nitro groups is 1. The van der Waals surface area contributed by atoms with Gasteiger partial charge in [0.15, 0.2) is 5.76 Å². The van der Waals surface area contributed by atoms with Crippen molar-refractivity contribution < 1.29 is 14.2 Å². The molecule has 21 heavy (non-hydrogen) atoms. The second kappa shape index (κ2) is 5.37. The zero-order valence-electron chi connectivity index (χ0n) is 11.4. The van der Waals surface area contributed by atoms with Crippen LogP contribution in [0.5, 0.6) is 0 Å². The predicted molar refractivity (Wildman–Crippen MR) is 74.9 cm³/mol. The molecule has 0 unspecified atom stereocenters. The van der Waals surface area contributed by atoms with Crippen molar-refractivity contribution in [3.8, 4) is 0 Å². The molecule has 0 saturated carbocycles. The Labute approximate surface area is 119 Å². The topological polar surface area (TPSA) is 83.3 Å². The van der Waals surface area contributed by atoms with Gasteiger partial charge >= 0.3 is 0 Å². The highest BCUT2D eigenvalue weighted by atomic mass is 16.6. The van der Waals surface area contributed by atoms with Crippen LogP contribution in [-0.4, -0.2) is 21.8 Å². The average molecular weight is 287 g/mol. The van der Waals surface area contributed by atoms with E-state index < -0.39 is 4.92 Å². The summed E-state index contributed by atoms with van der Waals surface area (Å²) in [6.45, 7) is 0.917. The molecular weight excluding hydrogens is 274 g/mol. The van der Waals surface area contributed by atoms with E-state index in [2.05, 4.69) is 5.16 Å². The summed E-state index contributed by atoms with van der Waals surface area (Å²) >= 11 is 0. The second-order valence-electron chi connectivity index (χ2n) is 4.66. The standard InChI is InChI=1S/C14H13N3O4/c1-20-9-13-7-11(15-21-13)8-16-5-4-10-6-12(17(18)19)2-3-14(10)16/h2-7H,8-9H2,1H3. The third kappa shape index (κ3) is 2.63. The molecule has 0 aliphatic heterocycles. The summed E-state index contributed by atoms with van der Waals surface area (Å²) in [6.07, 6.45) is 1.87. The van der Waals surface area contributed by atoms with Crippen LogP contribution >= 0.6 is 0 Å². The normalized spacial score (nSPS) is 11.1. The summed E-state index contributed by atoms with van der Waals surface area (Å²) in [5.74, 6) is 0.666. The van der Waals surface area contributed by atoms with E-state index in [0.29, 0.717) is 18.9 Å². The van der Waals surface area contributed by atoms with Gasteiger partial charge in [-0.15, -0.1) is 0 Å². The summed E-state index contributed by atoms with van der Waals surface area (Å²) in [4.78, 5) is 10.4. The highest BCUT2D eigenvalue weighted by Gasteiger charge is 2.10. The molecular formula is C14H13N3O4. The number of nitro benzene ring substituents is 1. The lowest BCUT2D eigenvalue weighted by atomic mass is 10.2. The van der Waals surface area contributed by atoms with Gasteiger partial charge in [-0.25, -0.2) is 0 Å². The van der Waals surface area contributed by atoms with Crippen LogP contribution < -0.4 is 0 Å². The maximum atomic E-state index is 10.8. The van der Waals surface area contributed by atoms with Gasteiger partial charge in [-0.05, 0) is 12.1 Å². The van der Waals surface area contributed by atoms with Crippen molar-refractivity contribution in [2.45, 2.75) is 13.2 Å². The molecule has 2 heterocycles. The molecule has 3 aromatic rings. The zero-order valence-corrected chi connectivity index (χ0v) is 11.4. The molecule has 0 saturated heterocycles. The Morgan fingerprint density at radius 1 is 1.38 bits per heavy atom. The maximum absolute atomic E-state index is 10.8. The van der Waals surface area contributed by atoms with Gasteiger partial charge in [0.05, 0.1) is 11.5 Å². The first-order valence-corrected chi connectivity index (χ1v) is 6.34. The van der Waals surface area contributed by atoms with Crippen LogP contribution in [0.1, 0.15) is 11.5 Å². The lowest BCUT2D eigenvalue weighted by Crippen LogP contribution is -1.98. The number of benzene rings is 1. The Morgan fingerprint density at radius 3 is 3.00 bits per heavy atom. The van der Waals surface area contributed by atoms with Crippen LogP contribution in [0.3, 0.4) is 0 Å². The largest absolute Gasteiger partial charge is 0.377 e. The molecule has 3 rings (SSSR count). The number of aromatic nitrogens is 2. The molecule has 2 aromatic heterocycles. The van der Waals surface area contributed by atoms with Crippen LogP contribution in [0.25, 0.3) is 10.9 Å². The maximum Gasteiger partial charge on any atom is 0.270 e. The molecule has 0 aliphatic rings. The number of fused-ring (bicyclic) bond motifs is 1. The summed E-state index contributed by atoms with van der Waals surface area (Å²) < 4.78 is 12.1. The number of rotatable bonds is 5. The molecule has 1 aromatic carbocycles. The quantitative estimate of drug-likeness (QED) is 0.532. The average Bonchev–Trinajstić information content (AvgIpc) is 3.07. The highest BCUT2D eigenvalue weighted by Crippen LogP contribution is 2.22. The number of ether oxygens (including phenoxy) is 1. The van der Waals surface area contributed by atoms with E-state index in [4.69, 9.17) is 9.26 Å². The van der Waals surface area contributed by atoms with Gasteiger partial charge in [-0.2, -0.15) is 0 Å². The first-order chi connectivity index (χ1) is 10.2. The fourth-order valence-corrected chi connectivity index (χ4v) is 2.25. The van der Waals surface area contributed by atoms with Gasteiger partial charge in [-0.3, -0.25) is 10.1 Å². The molecule has 0 bridgehead atoms. The number of nitrogens with zero attached hydrogens (tertiary/aromatic N) is 3. The summed E-state index contributed by atoms with van der Waals surface area (Å²) in [7, 11) is 1.59. The van der Waals surface area contributed by atoms with Crippen LogP contribution in [0.2, 0.25) is 0 Å². The van der Waals surface area contributed by atoms with Crippen molar-refractivity contribution >= 4 is 16.6 Å². The van der Waals surface area contributed by atoms with E-state index in [1.165, 1.54) is 6.07 Å². The predicted octanol–water partition coefficient (Wildman–Crippen LogP) is 2.73. The van der Waals surface area contributed by atoms with E-state index in [0.717, 1.165) is 16.6 Å². The van der Waals surface area contributed by atoms with Gasteiger partial charge in [0.25, 0.3) is 5.69 Å². The van der Waals surface area contributed by atoms with Gasteiger partial charge in [0.2, 0.25) is 0 Å². The molecule has 0 atom stereocenters. The van der Waals surface area contributed by atoms with Gasteiger partial charge in [0.1, 0.15) is 12.3 Å². The SMILES string of the molecule is COCc1cc(Cn2ccc3cc([N+](=O)[O-])ccc32)no1. The van der Waals surface area contributed by atoms with Crippen LogP contribution in [0.4, 0.5) is 5.69 Å². The number of hydrogen-bond donors (Lipinski definition) is 0. The molecule has 0 radical (unpaired) electrons. The van der Waals surface area contributed by atoms with Crippen molar-refractivity contribution in [1.82, 2.24) is 9.72 Å². The van der Waals surface area contributed by atoms with E-state index in [-0.39, 0.29) is 5.69 Å². The number of non-ortho nitro benzene ring substituents is 1. The monoisotopic (exact) mass is 287 g/mol. The molecule has 7 heteroatoms. The van der Waals surface area contributed by atoms with E-state index in [9.17, 15) is 10.1 Å². The lowest BCUT2D eigenvalue weighted by molar-refractivity contribution is -0.384. The number of methoxy groups -OCH3 is 1. The minimum absolute atomic E-state index is 0.0871. The third-order valence-electron chi connectivity index (χ3n) is 3.19. The Bertz CT molecular complexity index is 790. The van der Waals surface area contributed by atoms with Crippen molar-refractivity contribution in [2.75, 3.05) is 7.11 Å². The van der Waals surface area contributed by atoms with Crippen LogP contribution in [-0.2, 0) is 17.9 Å². The lowest BCUT2D eigenvalue weighted by Gasteiger charge is -2.01. The molecule has 108 valence electrons. The molecule has 7 nitrogen and oxygen atoms in total. The fraction of sp³-hybridized carbons (Fsp3) is 0.214. The van der Waals surface area contributed by atoms with Crippen molar-refractivity contribution in [1.29, 1.82) is 0 Å². The Balaban J connectivity index is 1.88. The Kier molecular flexibility index (Phi) is 3.41. The Morgan fingerprint density at radius 2 is 2.24 bits per heavy atom. The molecule has 0 amide bonds. The zero-order chi connectivity index (χ0) is 14.8. The molecule has 0 fully saturated rings. The van der Waals surface area contributed by atoms with E-state index in [1.807, 2.05) is 22.9 Å². The van der Waals surface area contributed by atoms with E-state index >= 15 is 0 Å². The second-order valence-corrected chi connectivity index (χ2v) is 4.66. The first-order valence-electron chi connectivity index (χ1n) is 6.34. The highest BCUT2D eigenvalue weighted by molar-refractivity contribution is 5.82. The van der Waals surface area contributed by atoms with E-state index in [1.54, 1.807) is 19.2 Å². The smallest absolute Gasteiger partial charge is 0.270 e. The summed E-state index contributed by atoms with van der Waals surface area (Å²) in [5.41, 5.74) is 1.78. The van der Waals surface area contributed by atoms with Gasteiger partial charge < -0.3 is 13.8 Å². The summed E-state index contributed by atoms with van der Waals surface area (Å²) in [5, 5.41) is 15.6. The van der Waals surface area contributed by atoms with Gasteiger partial charge in [-0.1, -0.05) is 5.16 Å². The minimum atomic E-state index is -0.397. The van der Waals surface area contributed by atoms with Crippen LogP contribution in [0.15, 0.2) is 41.1 Å². The molecule has 0 N–H and O–H groups in total. The minimum Gasteiger partial charge on any atom is -0.377 e. The van der Waals surface area contributed by atoms with Crippen molar-refractivity contribution in [3.05, 3.63) is 58.1 Å². The third-order valence-corrected chi connectivity index (χ3v) is 3.19.